The van der Waals surface area contributed by atoms with Gasteiger partial charge in [0.15, 0.2) is 0 Å². The SMILES string of the molecule is CC(C)(NC(=O)Nc1ccccc1)C(=O)NCC(N)c1ccccc1. The fourth-order valence-electron chi connectivity index (χ4n) is 2.27. The molecule has 0 aliphatic carbocycles. The monoisotopic (exact) mass is 340 g/mol. The normalized spacial score (nSPS) is 12.1. The first kappa shape index (κ1) is 18.5. The van der Waals surface area contributed by atoms with Crippen molar-refractivity contribution in [2.45, 2.75) is 25.4 Å². The first-order valence-electron chi connectivity index (χ1n) is 8.11. The summed E-state index contributed by atoms with van der Waals surface area (Å²) in [5, 5.41) is 8.14. The highest BCUT2D eigenvalue weighted by molar-refractivity contribution is 5.95. The summed E-state index contributed by atoms with van der Waals surface area (Å²) in [6.45, 7) is 3.57. The molecular weight excluding hydrogens is 316 g/mol. The van der Waals surface area contributed by atoms with Crippen LogP contribution in [0.2, 0.25) is 0 Å². The molecule has 2 aromatic carbocycles. The highest BCUT2D eigenvalue weighted by Gasteiger charge is 2.29. The maximum atomic E-state index is 12.4. The summed E-state index contributed by atoms with van der Waals surface area (Å²) in [5.41, 5.74) is 6.60. The van der Waals surface area contributed by atoms with Gasteiger partial charge in [-0.05, 0) is 31.5 Å². The zero-order chi connectivity index (χ0) is 18.3. The van der Waals surface area contributed by atoms with Gasteiger partial charge in [0, 0.05) is 18.3 Å². The minimum atomic E-state index is -1.07. The maximum absolute atomic E-state index is 12.4. The average molecular weight is 340 g/mol. The van der Waals surface area contributed by atoms with Gasteiger partial charge >= 0.3 is 6.03 Å². The number of urea groups is 1. The highest BCUT2D eigenvalue weighted by atomic mass is 16.2. The second-order valence-electron chi connectivity index (χ2n) is 6.30. The smallest absolute Gasteiger partial charge is 0.320 e. The molecular formula is C19H24N4O2. The first-order chi connectivity index (χ1) is 11.9. The number of para-hydroxylation sites is 1. The van der Waals surface area contributed by atoms with Gasteiger partial charge in [-0.15, -0.1) is 0 Å². The standard InChI is InChI=1S/C19H24N4O2/c1-19(2,23-18(25)22-15-11-7-4-8-12-15)17(24)21-13-16(20)14-9-5-3-6-10-14/h3-12,16H,13,20H2,1-2H3,(H,21,24)(H2,22,23,25). The Morgan fingerprint density at radius 3 is 2.16 bits per heavy atom. The van der Waals surface area contributed by atoms with Gasteiger partial charge in [-0.2, -0.15) is 0 Å². The molecule has 6 nitrogen and oxygen atoms in total. The Labute approximate surface area is 147 Å². The van der Waals surface area contributed by atoms with E-state index in [0.717, 1.165) is 5.56 Å². The van der Waals surface area contributed by atoms with Gasteiger partial charge in [0.1, 0.15) is 5.54 Å². The van der Waals surface area contributed by atoms with E-state index in [1.54, 1.807) is 26.0 Å². The van der Waals surface area contributed by atoms with E-state index in [2.05, 4.69) is 16.0 Å². The lowest BCUT2D eigenvalue weighted by Gasteiger charge is -2.26. The van der Waals surface area contributed by atoms with E-state index in [1.165, 1.54) is 0 Å². The van der Waals surface area contributed by atoms with E-state index in [0.29, 0.717) is 5.69 Å². The Balaban J connectivity index is 1.85. The molecule has 0 fully saturated rings. The van der Waals surface area contributed by atoms with Crippen molar-refractivity contribution in [2.24, 2.45) is 5.73 Å². The van der Waals surface area contributed by atoms with Gasteiger partial charge in [-0.3, -0.25) is 4.79 Å². The van der Waals surface area contributed by atoms with E-state index >= 15 is 0 Å². The molecule has 2 aromatic rings. The number of carbonyl (C=O) groups excluding carboxylic acids is 2. The summed E-state index contributed by atoms with van der Waals surface area (Å²) in [7, 11) is 0. The number of carbonyl (C=O) groups is 2. The lowest BCUT2D eigenvalue weighted by molar-refractivity contribution is -0.126. The molecule has 0 aliphatic rings. The number of amides is 3. The number of nitrogens with two attached hydrogens (primary N) is 1. The third-order valence-electron chi connectivity index (χ3n) is 3.74. The highest BCUT2D eigenvalue weighted by Crippen LogP contribution is 2.10. The van der Waals surface area contributed by atoms with Crippen LogP contribution < -0.4 is 21.7 Å². The van der Waals surface area contributed by atoms with Crippen LogP contribution in [0.4, 0.5) is 10.5 Å². The summed E-state index contributed by atoms with van der Waals surface area (Å²) >= 11 is 0. The predicted molar refractivity (Wildman–Crippen MR) is 99.1 cm³/mol. The lowest BCUT2D eigenvalue weighted by atomic mass is 10.0. The van der Waals surface area contributed by atoms with Crippen molar-refractivity contribution >= 4 is 17.6 Å². The van der Waals surface area contributed by atoms with Crippen molar-refractivity contribution in [1.82, 2.24) is 10.6 Å². The molecule has 132 valence electrons. The van der Waals surface area contributed by atoms with Gasteiger partial charge in [0.25, 0.3) is 0 Å². The molecule has 6 heteroatoms. The van der Waals surface area contributed by atoms with Crippen LogP contribution in [0.3, 0.4) is 0 Å². The van der Waals surface area contributed by atoms with Gasteiger partial charge in [-0.25, -0.2) is 4.79 Å². The van der Waals surface area contributed by atoms with E-state index in [1.807, 2.05) is 48.5 Å². The molecule has 5 N–H and O–H groups in total. The number of hydrogen-bond acceptors (Lipinski definition) is 3. The van der Waals surface area contributed by atoms with Gasteiger partial charge < -0.3 is 21.7 Å². The quantitative estimate of drug-likeness (QED) is 0.650. The molecule has 0 spiro atoms. The second kappa shape index (κ2) is 8.30. The van der Waals surface area contributed by atoms with Crippen LogP contribution >= 0.6 is 0 Å². The third kappa shape index (κ3) is 5.61. The Hall–Kier alpha value is -2.86. The molecule has 1 atom stereocenters. The molecule has 0 radical (unpaired) electrons. The fourth-order valence-corrected chi connectivity index (χ4v) is 2.27. The molecule has 3 amide bonds. The minimum absolute atomic E-state index is 0.286. The van der Waals surface area contributed by atoms with E-state index in [9.17, 15) is 9.59 Å². The van der Waals surface area contributed by atoms with Crippen molar-refractivity contribution in [1.29, 1.82) is 0 Å². The number of nitrogens with one attached hydrogen (secondary N) is 3. The van der Waals surface area contributed by atoms with E-state index < -0.39 is 11.6 Å². The van der Waals surface area contributed by atoms with Crippen LogP contribution in [0.15, 0.2) is 60.7 Å². The molecule has 25 heavy (non-hydrogen) atoms. The molecule has 0 saturated carbocycles. The molecule has 1 unspecified atom stereocenters. The Bertz CT molecular complexity index is 702. The van der Waals surface area contributed by atoms with Crippen molar-refractivity contribution in [2.75, 3.05) is 11.9 Å². The summed E-state index contributed by atoms with van der Waals surface area (Å²) in [6.07, 6.45) is 0. The van der Waals surface area contributed by atoms with Crippen LogP contribution in [0.25, 0.3) is 0 Å². The summed E-state index contributed by atoms with van der Waals surface area (Å²) in [4.78, 5) is 24.4. The van der Waals surface area contributed by atoms with Crippen molar-refractivity contribution in [3.05, 3.63) is 66.2 Å². The Kier molecular flexibility index (Phi) is 6.14. The van der Waals surface area contributed by atoms with Crippen molar-refractivity contribution in [3.63, 3.8) is 0 Å². The van der Waals surface area contributed by atoms with E-state index in [4.69, 9.17) is 5.73 Å². The molecule has 0 aromatic heterocycles. The van der Waals surface area contributed by atoms with Gasteiger partial charge in [0.2, 0.25) is 5.91 Å². The summed E-state index contributed by atoms with van der Waals surface area (Å²) < 4.78 is 0. The molecule has 0 aliphatic heterocycles. The van der Waals surface area contributed by atoms with Crippen molar-refractivity contribution < 1.29 is 9.59 Å². The number of rotatable bonds is 6. The predicted octanol–water partition coefficient (Wildman–Crippen LogP) is 2.40. The zero-order valence-corrected chi connectivity index (χ0v) is 14.5. The topological polar surface area (TPSA) is 96.2 Å². The van der Waals surface area contributed by atoms with Gasteiger partial charge in [-0.1, -0.05) is 48.5 Å². The molecule has 0 saturated heterocycles. The number of benzene rings is 2. The second-order valence-corrected chi connectivity index (χ2v) is 6.30. The van der Waals surface area contributed by atoms with E-state index in [-0.39, 0.29) is 18.5 Å². The number of anilines is 1. The first-order valence-corrected chi connectivity index (χ1v) is 8.11. The van der Waals surface area contributed by atoms with Crippen LogP contribution in [-0.4, -0.2) is 24.0 Å². The van der Waals surface area contributed by atoms with Crippen LogP contribution in [0.5, 0.6) is 0 Å². The van der Waals surface area contributed by atoms with Crippen molar-refractivity contribution in [3.8, 4) is 0 Å². The summed E-state index contributed by atoms with van der Waals surface area (Å²) in [6, 6.07) is 17.8. The molecule has 2 rings (SSSR count). The lowest BCUT2D eigenvalue weighted by Crippen LogP contribution is -2.56. The fraction of sp³-hybridized carbons (Fsp3) is 0.263. The summed E-state index contributed by atoms with van der Waals surface area (Å²) in [5.74, 6) is -0.304. The van der Waals surface area contributed by atoms with Crippen LogP contribution in [-0.2, 0) is 4.79 Å². The average Bonchev–Trinajstić information content (AvgIpc) is 2.60. The Morgan fingerprint density at radius 2 is 1.56 bits per heavy atom. The largest absolute Gasteiger partial charge is 0.352 e. The van der Waals surface area contributed by atoms with Crippen LogP contribution in [0, 0.1) is 0 Å². The Morgan fingerprint density at radius 1 is 1.00 bits per heavy atom. The van der Waals surface area contributed by atoms with Crippen LogP contribution in [0.1, 0.15) is 25.5 Å². The third-order valence-corrected chi connectivity index (χ3v) is 3.74. The molecule has 0 heterocycles. The number of hydrogen-bond donors (Lipinski definition) is 4. The zero-order valence-electron chi connectivity index (χ0n) is 14.5. The maximum Gasteiger partial charge on any atom is 0.320 e. The van der Waals surface area contributed by atoms with Gasteiger partial charge in [0.05, 0.1) is 0 Å². The minimum Gasteiger partial charge on any atom is -0.352 e. The molecule has 0 bridgehead atoms.